The van der Waals surface area contributed by atoms with Gasteiger partial charge >= 0.3 is 0 Å². The van der Waals surface area contributed by atoms with Gasteiger partial charge in [0.25, 0.3) is 0 Å². The van der Waals surface area contributed by atoms with Gasteiger partial charge in [-0.2, -0.15) is 0 Å². The summed E-state index contributed by atoms with van der Waals surface area (Å²) in [5, 5.41) is 0. The standard InChI is InChI=1S/C30H34O/c1-23-12-9-10-19-28(23)20-25-14-11-13-24(2)29(26-15-5-3-6-16-26)21-30(31-22-25)27-17-7-4-8-18-27/h3-7,12,15-17,20-22H,8-11,13-14,18-19H2,1-2H3/b25-22-,28-20+,29-24-,30-21-. The summed E-state index contributed by atoms with van der Waals surface area (Å²) in [7, 11) is 0. The van der Waals surface area contributed by atoms with Crippen LogP contribution in [0.3, 0.4) is 0 Å². The molecule has 1 heteroatoms. The van der Waals surface area contributed by atoms with E-state index in [4.69, 9.17) is 4.74 Å². The van der Waals surface area contributed by atoms with Crippen LogP contribution in [0.2, 0.25) is 0 Å². The van der Waals surface area contributed by atoms with Gasteiger partial charge in [-0.3, -0.25) is 0 Å². The average molecular weight is 411 g/mol. The van der Waals surface area contributed by atoms with Crippen LogP contribution >= 0.6 is 0 Å². The Bertz CT molecular complexity index is 1010. The van der Waals surface area contributed by atoms with Crippen molar-refractivity contribution in [1.82, 2.24) is 0 Å². The van der Waals surface area contributed by atoms with Crippen molar-refractivity contribution in [2.75, 3.05) is 0 Å². The van der Waals surface area contributed by atoms with Crippen LogP contribution in [0.1, 0.15) is 70.8 Å². The van der Waals surface area contributed by atoms with Crippen LogP contribution in [0, 0.1) is 0 Å². The lowest BCUT2D eigenvalue weighted by Crippen LogP contribution is -2.00. The Labute approximate surface area is 187 Å². The Morgan fingerprint density at radius 3 is 2.55 bits per heavy atom. The zero-order chi connectivity index (χ0) is 21.5. The maximum atomic E-state index is 6.45. The van der Waals surface area contributed by atoms with Crippen molar-refractivity contribution in [3.8, 4) is 0 Å². The highest BCUT2D eigenvalue weighted by atomic mass is 16.5. The van der Waals surface area contributed by atoms with E-state index in [2.05, 4.69) is 80.6 Å². The second kappa shape index (κ2) is 10.5. The number of ether oxygens (including phenoxy) is 1. The predicted molar refractivity (Wildman–Crippen MR) is 132 cm³/mol. The molecule has 31 heavy (non-hydrogen) atoms. The Kier molecular flexibility index (Phi) is 7.25. The summed E-state index contributed by atoms with van der Waals surface area (Å²) in [6, 6.07) is 10.7. The normalized spacial score (nSPS) is 27.4. The van der Waals surface area contributed by atoms with Crippen LogP contribution in [0.25, 0.3) is 5.57 Å². The lowest BCUT2D eigenvalue weighted by molar-refractivity contribution is 0.353. The van der Waals surface area contributed by atoms with E-state index in [1.807, 2.05) is 6.26 Å². The van der Waals surface area contributed by atoms with E-state index in [0.29, 0.717) is 0 Å². The van der Waals surface area contributed by atoms with E-state index in [-0.39, 0.29) is 0 Å². The maximum absolute atomic E-state index is 6.45. The molecular weight excluding hydrogens is 376 g/mol. The molecule has 1 aromatic carbocycles. The first-order valence-corrected chi connectivity index (χ1v) is 11.8. The molecule has 160 valence electrons. The smallest absolute Gasteiger partial charge is 0.130 e. The van der Waals surface area contributed by atoms with Crippen LogP contribution in [0.15, 0.2) is 107 Å². The Morgan fingerprint density at radius 2 is 1.77 bits per heavy atom. The third kappa shape index (κ3) is 5.67. The second-order valence-corrected chi connectivity index (χ2v) is 8.84. The van der Waals surface area contributed by atoms with Gasteiger partial charge in [-0.15, -0.1) is 0 Å². The fourth-order valence-corrected chi connectivity index (χ4v) is 4.56. The van der Waals surface area contributed by atoms with Crippen molar-refractivity contribution in [1.29, 1.82) is 0 Å². The molecule has 0 amide bonds. The van der Waals surface area contributed by atoms with Crippen LogP contribution in [0.5, 0.6) is 0 Å². The Hall–Kier alpha value is -2.80. The molecule has 0 atom stereocenters. The first-order valence-electron chi connectivity index (χ1n) is 11.8. The highest BCUT2D eigenvalue weighted by molar-refractivity contribution is 5.77. The van der Waals surface area contributed by atoms with Crippen molar-refractivity contribution in [2.45, 2.75) is 65.2 Å². The molecule has 1 nitrogen and oxygen atoms in total. The molecule has 0 saturated carbocycles. The molecular formula is C30H34O. The number of hydrogen-bond donors (Lipinski definition) is 0. The molecule has 1 aliphatic heterocycles. The molecule has 0 bridgehead atoms. The largest absolute Gasteiger partial charge is 0.464 e. The second-order valence-electron chi connectivity index (χ2n) is 8.84. The summed E-state index contributed by atoms with van der Waals surface area (Å²) in [4.78, 5) is 0. The van der Waals surface area contributed by atoms with Gasteiger partial charge in [0.15, 0.2) is 0 Å². The summed E-state index contributed by atoms with van der Waals surface area (Å²) in [6.07, 6.45) is 24.7. The van der Waals surface area contributed by atoms with E-state index in [0.717, 1.165) is 37.9 Å². The third-order valence-electron chi connectivity index (χ3n) is 6.47. The Balaban J connectivity index is 1.73. The number of hydrogen-bond acceptors (Lipinski definition) is 1. The van der Waals surface area contributed by atoms with E-state index in [1.54, 1.807) is 0 Å². The minimum Gasteiger partial charge on any atom is -0.464 e. The Morgan fingerprint density at radius 1 is 0.903 bits per heavy atom. The molecule has 0 spiro atoms. The molecule has 0 unspecified atom stereocenters. The number of allylic oxidation sites excluding steroid dienone is 12. The number of benzene rings is 1. The molecule has 0 N–H and O–H groups in total. The highest BCUT2D eigenvalue weighted by Gasteiger charge is 2.14. The summed E-state index contributed by atoms with van der Waals surface area (Å²) in [5.74, 6) is 0.983. The van der Waals surface area contributed by atoms with Crippen LogP contribution in [0.4, 0.5) is 0 Å². The van der Waals surface area contributed by atoms with Crippen LogP contribution in [-0.2, 0) is 4.74 Å². The molecule has 0 saturated heterocycles. The molecule has 0 aromatic heterocycles. The van der Waals surface area contributed by atoms with Gasteiger partial charge in [-0.05, 0) is 99.1 Å². The maximum Gasteiger partial charge on any atom is 0.130 e. The van der Waals surface area contributed by atoms with Gasteiger partial charge in [-0.1, -0.05) is 71.9 Å². The SMILES string of the molecule is CC1=CCCC/C1=C\C1=C/O/C(C2=CC=CCC2)=C\C(c2ccccc2)=C(/C)CCC1. The minimum atomic E-state index is 0.983. The van der Waals surface area contributed by atoms with Gasteiger partial charge in [0.05, 0.1) is 6.26 Å². The van der Waals surface area contributed by atoms with Gasteiger partial charge < -0.3 is 4.74 Å². The highest BCUT2D eigenvalue weighted by Crippen LogP contribution is 2.32. The van der Waals surface area contributed by atoms with Crippen LogP contribution in [-0.4, -0.2) is 0 Å². The fourth-order valence-electron chi connectivity index (χ4n) is 4.56. The van der Waals surface area contributed by atoms with E-state index in [1.165, 1.54) is 58.3 Å². The van der Waals surface area contributed by atoms with Crippen molar-refractivity contribution in [2.24, 2.45) is 0 Å². The molecule has 2 aliphatic carbocycles. The molecule has 1 heterocycles. The van der Waals surface area contributed by atoms with Crippen molar-refractivity contribution < 1.29 is 4.74 Å². The van der Waals surface area contributed by atoms with Crippen molar-refractivity contribution in [3.05, 3.63) is 112 Å². The molecule has 3 aliphatic rings. The van der Waals surface area contributed by atoms with Crippen molar-refractivity contribution in [3.63, 3.8) is 0 Å². The van der Waals surface area contributed by atoms with Gasteiger partial charge in [0, 0.05) is 0 Å². The summed E-state index contributed by atoms with van der Waals surface area (Å²) < 4.78 is 6.45. The van der Waals surface area contributed by atoms with Gasteiger partial charge in [-0.25, -0.2) is 0 Å². The first kappa shape index (κ1) is 21.4. The zero-order valence-electron chi connectivity index (χ0n) is 19.0. The van der Waals surface area contributed by atoms with Gasteiger partial charge in [0.2, 0.25) is 0 Å². The zero-order valence-corrected chi connectivity index (χ0v) is 19.0. The summed E-state index contributed by atoms with van der Waals surface area (Å²) in [5.41, 5.74) is 9.49. The molecule has 0 fully saturated rings. The molecule has 0 radical (unpaired) electrons. The van der Waals surface area contributed by atoms with Crippen LogP contribution < -0.4 is 0 Å². The molecule has 1 aromatic rings. The van der Waals surface area contributed by atoms with Crippen molar-refractivity contribution >= 4 is 5.57 Å². The summed E-state index contributed by atoms with van der Waals surface area (Å²) in [6.45, 7) is 4.53. The van der Waals surface area contributed by atoms with E-state index >= 15 is 0 Å². The fraction of sp³-hybridized carbons (Fsp3) is 0.333. The van der Waals surface area contributed by atoms with E-state index in [9.17, 15) is 0 Å². The quantitative estimate of drug-likeness (QED) is 0.484. The lowest BCUT2D eigenvalue weighted by atomic mass is 9.91. The predicted octanol–water partition coefficient (Wildman–Crippen LogP) is 8.76. The first-order chi connectivity index (χ1) is 15.2. The topological polar surface area (TPSA) is 9.23 Å². The monoisotopic (exact) mass is 410 g/mol. The minimum absolute atomic E-state index is 0.983. The lowest BCUT2D eigenvalue weighted by Gasteiger charge is -2.19. The van der Waals surface area contributed by atoms with Gasteiger partial charge in [0.1, 0.15) is 5.76 Å². The third-order valence-corrected chi connectivity index (χ3v) is 6.47. The number of rotatable bonds is 3. The van der Waals surface area contributed by atoms with E-state index < -0.39 is 0 Å². The molecule has 4 rings (SSSR count). The summed E-state index contributed by atoms with van der Waals surface area (Å²) >= 11 is 0. The average Bonchev–Trinajstić information content (AvgIpc) is 2.81.